The molecule has 0 unspecified atom stereocenters. The van der Waals surface area contributed by atoms with E-state index >= 15 is 0 Å². The van der Waals surface area contributed by atoms with E-state index in [4.69, 9.17) is 15.2 Å². The summed E-state index contributed by atoms with van der Waals surface area (Å²) >= 11 is 0. The molecular formula is C17H30N2O2. The van der Waals surface area contributed by atoms with Crippen LogP contribution in [0.15, 0.2) is 24.3 Å². The molecule has 0 saturated heterocycles. The summed E-state index contributed by atoms with van der Waals surface area (Å²) in [5, 5.41) is 0. The van der Waals surface area contributed by atoms with E-state index in [1.54, 1.807) is 7.11 Å². The number of hydrogen-bond donors (Lipinski definition) is 1. The van der Waals surface area contributed by atoms with Crippen LogP contribution >= 0.6 is 0 Å². The summed E-state index contributed by atoms with van der Waals surface area (Å²) in [5.74, 6) is 1.59. The molecule has 120 valence electrons. The quantitative estimate of drug-likeness (QED) is 0.638. The van der Waals surface area contributed by atoms with Crippen LogP contribution < -0.4 is 15.4 Å². The first kappa shape index (κ1) is 17.8. The SMILES string of the molecule is COc1ccccc1N(CCCN)CCOCCC(C)C. The van der Waals surface area contributed by atoms with Crippen molar-refractivity contribution in [3.05, 3.63) is 24.3 Å². The molecule has 0 bridgehead atoms. The molecule has 0 aliphatic carbocycles. The van der Waals surface area contributed by atoms with Crippen LogP contribution in [0.25, 0.3) is 0 Å². The van der Waals surface area contributed by atoms with Gasteiger partial charge in [0.15, 0.2) is 0 Å². The number of nitrogens with two attached hydrogens (primary N) is 1. The number of rotatable bonds is 11. The number of ether oxygens (including phenoxy) is 2. The van der Waals surface area contributed by atoms with Gasteiger partial charge in [-0.3, -0.25) is 0 Å². The Hall–Kier alpha value is -1.26. The van der Waals surface area contributed by atoms with Crippen LogP contribution in [0.2, 0.25) is 0 Å². The van der Waals surface area contributed by atoms with E-state index in [1.165, 1.54) is 0 Å². The molecule has 2 N–H and O–H groups in total. The Morgan fingerprint density at radius 3 is 2.57 bits per heavy atom. The van der Waals surface area contributed by atoms with Crippen molar-refractivity contribution in [2.24, 2.45) is 11.7 Å². The fourth-order valence-corrected chi connectivity index (χ4v) is 2.12. The Bertz CT molecular complexity index is 383. The number of hydrogen-bond acceptors (Lipinski definition) is 4. The third kappa shape index (κ3) is 6.82. The Morgan fingerprint density at radius 2 is 1.90 bits per heavy atom. The van der Waals surface area contributed by atoms with Crippen LogP contribution in [0.1, 0.15) is 26.7 Å². The second kappa shape index (κ2) is 10.5. The predicted molar refractivity (Wildman–Crippen MR) is 89.2 cm³/mol. The van der Waals surface area contributed by atoms with Crippen LogP contribution in [-0.4, -0.2) is 40.0 Å². The summed E-state index contributed by atoms with van der Waals surface area (Å²) in [6, 6.07) is 8.10. The van der Waals surface area contributed by atoms with Gasteiger partial charge in [-0.2, -0.15) is 0 Å². The molecule has 0 heterocycles. The van der Waals surface area contributed by atoms with Crippen molar-refractivity contribution in [1.29, 1.82) is 0 Å². The van der Waals surface area contributed by atoms with E-state index < -0.39 is 0 Å². The normalized spacial score (nSPS) is 10.9. The largest absolute Gasteiger partial charge is 0.495 e. The van der Waals surface area contributed by atoms with E-state index in [2.05, 4.69) is 24.8 Å². The molecular weight excluding hydrogens is 264 g/mol. The zero-order chi connectivity index (χ0) is 15.5. The van der Waals surface area contributed by atoms with Gasteiger partial charge in [-0.25, -0.2) is 0 Å². The number of anilines is 1. The number of methoxy groups -OCH3 is 1. The molecule has 0 radical (unpaired) electrons. The first-order valence-corrected chi connectivity index (χ1v) is 7.84. The zero-order valence-corrected chi connectivity index (χ0v) is 13.7. The summed E-state index contributed by atoms with van der Waals surface area (Å²) in [6.07, 6.45) is 2.07. The highest BCUT2D eigenvalue weighted by molar-refractivity contribution is 5.58. The molecule has 1 aromatic carbocycles. The van der Waals surface area contributed by atoms with Gasteiger partial charge in [-0.1, -0.05) is 26.0 Å². The molecule has 1 rings (SSSR count). The topological polar surface area (TPSA) is 47.7 Å². The Kier molecular flexibility index (Phi) is 8.87. The minimum Gasteiger partial charge on any atom is -0.495 e. The van der Waals surface area contributed by atoms with E-state index in [0.717, 1.165) is 50.6 Å². The van der Waals surface area contributed by atoms with Gasteiger partial charge in [0.2, 0.25) is 0 Å². The third-order valence-electron chi connectivity index (χ3n) is 3.40. The maximum absolute atomic E-state index is 5.74. The van der Waals surface area contributed by atoms with Crippen LogP contribution in [0, 0.1) is 5.92 Å². The lowest BCUT2D eigenvalue weighted by molar-refractivity contribution is 0.129. The highest BCUT2D eigenvalue weighted by atomic mass is 16.5. The highest BCUT2D eigenvalue weighted by Crippen LogP contribution is 2.27. The molecule has 1 aromatic rings. The van der Waals surface area contributed by atoms with Crippen LogP contribution in [-0.2, 0) is 4.74 Å². The minimum absolute atomic E-state index is 0.688. The molecule has 4 heteroatoms. The molecule has 0 spiro atoms. The molecule has 21 heavy (non-hydrogen) atoms. The van der Waals surface area contributed by atoms with Crippen molar-refractivity contribution in [2.75, 3.05) is 44.9 Å². The van der Waals surface area contributed by atoms with Crippen LogP contribution in [0.3, 0.4) is 0 Å². The lowest BCUT2D eigenvalue weighted by Gasteiger charge is -2.26. The summed E-state index contributed by atoms with van der Waals surface area (Å²) in [6.45, 7) is 8.46. The first-order chi connectivity index (χ1) is 10.2. The molecule has 0 aliphatic rings. The van der Waals surface area contributed by atoms with Gasteiger partial charge in [0.1, 0.15) is 5.75 Å². The molecule has 4 nitrogen and oxygen atoms in total. The van der Waals surface area contributed by atoms with Gasteiger partial charge < -0.3 is 20.1 Å². The summed E-state index contributed by atoms with van der Waals surface area (Å²) < 4.78 is 11.2. The summed E-state index contributed by atoms with van der Waals surface area (Å²) in [5.41, 5.74) is 6.76. The minimum atomic E-state index is 0.688. The number of para-hydroxylation sites is 2. The predicted octanol–water partition coefficient (Wildman–Crippen LogP) is 2.91. The Labute approximate surface area is 129 Å². The average molecular weight is 294 g/mol. The molecule has 0 aliphatic heterocycles. The molecule has 0 atom stereocenters. The molecule has 0 fully saturated rings. The van der Waals surface area contributed by atoms with Gasteiger partial charge in [0, 0.05) is 19.7 Å². The van der Waals surface area contributed by atoms with E-state index in [-0.39, 0.29) is 0 Å². The number of benzene rings is 1. The summed E-state index contributed by atoms with van der Waals surface area (Å²) in [7, 11) is 1.71. The van der Waals surface area contributed by atoms with Crippen molar-refractivity contribution in [3.63, 3.8) is 0 Å². The number of nitrogens with zero attached hydrogens (tertiary/aromatic N) is 1. The van der Waals surface area contributed by atoms with Crippen LogP contribution in [0.4, 0.5) is 5.69 Å². The average Bonchev–Trinajstić information content (AvgIpc) is 2.49. The maximum atomic E-state index is 5.74. The highest BCUT2D eigenvalue weighted by Gasteiger charge is 2.11. The van der Waals surface area contributed by atoms with Gasteiger partial charge in [0.05, 0.1) is 19.4 Å². The molecule has 0 amide bonds. The van der Waals surface area contributed by atoms with Gasteiger partial charge in [0.25, 0.3) is 0 Å². The third-order valence-corrected chi connectivity index (χ3v) is 3.40. The Morgan fingerprint density at radius 1 is 1.14 bits per heavy atom. The van der Waals surface area contributed by atoms with Crippen molar-refractivity contribution < 1.29 is 9.47 Å². The smallest absolute Gasteiger partial charge is 0.142 e. The van der Waals surface area contributed by atoms with E-state index in [1.807, 2.05) is 18.2 Å². The van der Waals surface area contributed by atoms with Crippen molar-refractivity contribution in [2.45, 2.75) is 26.7 Å². The fraction of sp³-hybridized carbons (Fsp3) is 0.647. The standard InChI is InChI=1S/C17H30N2O2/c1-15(2)9-13-21-14-12-19(11-6-10-18)16-7-4-5-8-17(16)20-3/h4-5,7-8,15H,6,9-14,18H2,1-3H3. The lowest BCUT2D eigenvalue weighted by atomic mass is 10.1. The van der Waals surface area contributed by atoms with Crippen molar-refractivity contribution in [1.82, 2.24) is 0 Å². The van der Waals surface area contributed by atoms with Gasteiger partial charge in [-0.15, -0.1) is 0 Å². The zero-order valence-electron chi connectivity index (χ0n) is 13.7. The van der Waals surface area contributed by atoms with Crippen LogP contribution in [0.5, 0.6) is 5.75 Å². The monoisotopic (exact) mass is 294 g/mol. The maximum Gasteiger partial charge on any atom is 0.142 e. The second-order valence-corrected chi connectivity index (χ2v) is 5.60. The molecule has 0 saturated carbocycles. The van der Waals surface area contributed by atoms with Gasteiger partial charge >= 0.3 is 0 Å². The van der Waals surface area contributed by atoms with E-state index in [9.17, 15) is 0 Å². The summed E-state index contributed by atoms with van der Waals surface area (Å²) in [4.78, 5) is 2.29. The van der Waals surface area contributed by atoms with Crippen molar-refractivity contribution in [3.8, 4) is 5.75 Å². The van der Waals surface area contributed by atoms with E-state index in [0.29, 0.717) is 12.5 Å². The van der Waals surface area contributed by atoms with Crippen molar-refractivity contribution >= 4 is 5.69 Å². The Balaban J connectivity index is 2.54. The fourth-order valence-electron chi connectivity index (χ4n) is 2.12. The lowest BCUT2D eigenvalue weighted by Crippen LogP contribution is -2.30. The first-order valence-electron chi connectivity index (χ1n) is 7.84. The van der Waals surface area contributed by atoms with Gasteiger partial charge in [-0.05, 0) is 37.4 Å². The molecule has 0 aromatic heterocycles. The second-order valence-electron chi connectivity index (χ2n) is 5.60.